The molecular formula is C12H9N2O3S-. The van der Waals surface area contributed by atoms with Gasteiger partial charge < -0.3 is 9.94 Å². The van der Waals surface area contributed by atoms with Crippen molar-refractivity contribution in [3.63, 3.8) is 0 Å². The molecule has 0 aliphatic rings. The van der Waals surface area contributed by atoms with Crippen LogP contribution in [0.1, 0.15) is 11.1 Å². The van der Waals surface area contributed by atoms with Gasteiger partial charge in [-0.3, -0.25) is 10.1 Å². The molecule has 0 unspecified atom stereocenters. The second-order valence-corrected chi connectivity index (χ2v) is 4.13. The van der Waals surface area contributed by atoms with E-state index in [0.29, 0.717) is 16.7 Å². The van der Waals surface area contributed by atoms with E-state index in [1.54, 1.807) is 0 Å². The van der Waals surface area contributed by atoms with Crippen LogP contribution in [0.3, 0.4) is 0 Å². The first kappa shape index (κ1) is 12.3. The predicted molar refractivity (Wildman–Crippen MR) is 69.9 cm³/mol. The fraction of sp³-hybridized carbons (Fsp3) is 0.0833. The summed E-state index contributed by atoms with van der Waals surface area (Å²) >= 11 is 4.78. The lowest BCUT2D eigenvalue weighted by molar-refractivity contribution is -0.386. The molecule has 0 fully saturated rings. The molecule has 18 heavy (non-hydrogen) atoms. The van der Waals surface area contributed by atoms with Crippen LogP contribution in [0.15, 0.2) is 42.6 Å². The van der Waals surface area contributed by atoms with Gasteiger partial charge in [0.2, 0.25) is 0 Å². The maximum absolute atomic E-state index is 11.3. The van der Waals surface area contributed by atoms with Crippen molar-refractivity contribution >= 4 is 17.9 Å². The van der Waals surface area contributed by atoms with E-state index in [2.05, 4.69) is 0 Å². The summed E-state index contributed by atoms with van der Waals surface area (Å²) in [5.74, 6) is 0. The summed E-state index contributed by atoms with van der Waals surface area (Å²) in [5.41, 5.74) is 1.09. The van der Waals surface area contributed by atoms with Crippen LogP contribution in [0.25, 0.3) is 0 Å². The van der Waals surface area contributed by atoms with Crippen molar-refractivity contribution in [3.8, 4) is 0 Å². The van der Waals surface area contributed by atoms with Gasteiger partial charge in [-0.25, -0.2) is 0 Å². The third kappa shape index (κ3) is 2.38. The number of nitrogens with zero attached hydrogens (tertiary/aromatic N) is 2. The molecule has 92 valence electrons. The van der Waals surface area contributed by atoms with Gasteiger partial charge in [0.25, 0.3) is 0 Å². The van der Waals surface area contributed by atoms with Crippen LogP contribution in [-0.4, -0.2) is 9.65 Å². The Labute approximate surface area is 108 Å². The van der Waals surface area contributed by atoms with Gasteiger partial charge in [0.05, 0.1) is 4.92 Å². The molecule has 2 aromatic rings. The lowest BCUT2D eigenvalue weighted by Crippen LogP contribution is -2.02. The molecule has 2 rings (SSSR count). The van der Waals surface area contributed by atoms with Crippen LogP contribution in [0.2, 0.25) is 0 Å². The van der Waals surface area contributed by atoms with Gasteiger partial charge in [-0.15, -0.1) is 0 Å². The van der Waals surface area contributed by atoms with Gasteiger partial charge in [-0.2, -0.15) is 0 Å². The van der Waals surface area contributed by atoms with Crippen molar-refractivity contribution in [1.29, 1.82) is 0 Å². The molecule has 0 saturated heterocycles. The van der Waals surface area contributed by atoms with Crippen LogP contribution in [-0.2, 0) is 6.42 Å². The highest BCUT2D eigenvalue weighted by Crippen LogP contribution is 2.22. The summed E-state index contributed by atoms with van der Waals surface area (Å²) in [5, 5.41) is 22.2. The first-order valence-corrected chi connectivity index (χ1v) is 5.61. The quantitative estimate of drug-likeness (QED) is 0.483. The van der Waals surface area contributed by atoms with Crippen LogP contribution in [0.4, 0.5) is 5.69 Å². The summed E-state index contributed by atoms with van der Waals surface area (Å²) in [4.78, 5) is 10.4. The topological polar surface area (TPSA) is 71.1 Å². The second kappa shape index (κ2) is 4.97. The first-order valence-electron chi connectivity index (χ1n) is 5.20. The Morgan fingerprint density at radius 1 is 1.22 bits per heavy atom. The molecule has 0 N–H and O–H groups in total. The highest BCUT2D eigenvalue weighted by Gasteiger charge is 2.16. The number of benzene rings is 1. The molecular weight excluding hydrogens is 252 g/mol. The van der Waals surface area contributed by atoms with Gasteiger partial charge in [-0.1, -0.05) is 42.5 Å². The number of rotatable bonds is 3. The number of pyridine rings is 1. The molecule has 5 nitrogen and oxygen atoms in total. The molecule has 1 heterocycles. The Morgan fingerprint density at radius 2 is 1.89 bits per heavy atom. The maximum Gasteiger partial charge on any atom is 0.307 e. The summed E-state index contributed by atoms with van der Waals surface area (Å²) < 4.78 is 0.0375. The van der Waals surface area contributed by atoms with E-state index in [1.807, 2.05) is 30.3 Å². The third-order valence-corrected chi connectivity index (χ3v) is 2.91. The van der Waals surface area contributed by atoms with Crippen molar-refractivity contribution in [3.05, 3.63) is 73.7 Å². The third-order valence-electron chi connectivity index (χ3n) is 2.54. The van der Waals surface area contributed by atoms with Crippen LogP contribution in [0.5, 0.6) is 0 Å². The van der Waals surface area contributed by atoms with Crippen LogP contribution >= 0.6 is 12.2 Å². The lowest BCUT2D eigenvalue weighted by Gasteiger charge is -2.12. The molecule has 1 aromatic carbocycles. The van der Waals surface area contributed by atoms with E-state index in [0.717, 1.165) is 5.56 Å². The Bertz CT molecular complexity index is 638. The van der Waals surface area contributed by atoms with Crippen molar-refractivity contribution in [2.75, 3.05) is 0 Å². The molecule has 0 aliphatic carbocycles. The summed E-state index contributed by atoms with van der Waals surface area (Å²) in [6.07, 6.45) is 1.58. The number of aromatic nitrogens is 1. The van der Waals surface area contributed by atoms with Crippen molar-refractivity contribution < 1.29 is 4.92 Å². The molecule has 0 spiro atoms. The Hall–Kier alpha value is -2.21. The smallest absolute Gasteiger partial charge is 0.307 e. The molecule has 0 amide bonds. The highest BCUT2D eigenvalue weighted by molar-refractivity contribution is 7.71. The van der Waals surface area contributed by atoms with Gasteiger partial charge in [-0.05, 0) is 11.6 Å². The average molecular weight is 261 g/mol. The largest absolute Gasteiger partial charge is 0.805 e. The fourth-order valence-corrected chi connectivity index (χ4v) is 1.97. The molecule has 0 radical (unpaired) electrons. The first-order chi connectivity index (χ1) is 8.59. The zero-order valence-corrected chi connectivity index (χ0v) is 10.1. The summed E-state index contributed by atoms with van der Waals surface area (Å²) in [7, 11) is 0. The van der Waals surface area contributed by atoms with Gasteiger partial charge >= 0.3 is 5.69 Å². The second-order valence-electron chi connectivity index (χ2n) is 3.74. The molecule has 0 bridgehead atoms. The Balaban J connectivity index is 2.49. The SMILES string of the molecule is O=[N+]([O-])c1c(Cc2ccccc2)ccn([O-])c1=S. The van der Waals surface area contributed by atoms with Gasteiger partial charge in [0.15, 0.2) is 4.64 Å². The van der Waals surface area contributed by atoms with E-state index in [4.69, 9.17) is 12.2 Å². The Morgan fingerprint density at radius 3 is 2.50 bits per heavy atom. The van der Waals surface area contributed by atoms with E-state index >= 15 is 0 Å². The average Bonchev–Trinajstić information content (AvgIpc) is 2.35. The molecule has 0 saturated carbocycles. The van der Waals surface area contributed by atoms with E-state index in [1.165, 1.54) is 12.3 Å². The lowest BCUT2D eigenvalue weighted by atomic mass is 10.1. The van der Waals surface area contributed by atoms with E-state index < -0.39 is 4.92 Å². The van der Waals surface area contributed by atoms with Crippen LogP contribution < -0.4 is 0 Å². The van der Waals surface area contributed by atoms with Crippen molar-refractivity contribution in [2.45, 2.75) is 6.42 Å². The zero-order chi connectivity index (χ0) is 13.1. The van der Waals surface area contributed by atoms with E-state index in [9.17, 15) is 15.3 Å². The zero-order valence-electron chi connectivity index (χ0n) is 9.28. The van der Waals surface area contributed by atoms with Crippen molar-refractivity contribution in [2.24, 2.45) is 0 Å². The molecule has 1 aromatic heterocycles. The molecule has 6 heteroatoms. The minimum atomic E-state index is -0.602. The monoisotopic (exact) mass is 261 g/mol. The summed E-state index contributed by atoms with van der Waals surface area (Å²) in [6.45, 7) is 0. The highest BCUT2D eigenvalue weighted by atomic mass is 32.1. The van der Waals surface area contributed by atoms with Gasteiger partial charge in [0, 0.05) is 18.2 Å². The maximum atomic E-state index is 11.3. The number of hydrogen-bond donors (Lipinski definition) is 0. The predicted octanol–water partition coefficient (Wildman–Crippen LogP) is 3.06. The van der Waals surface area contributed by atoms with Crippen LogP contribution in [0, 0.1) is 20.0 Å². The fourth-order valence-electron chi connectivity index (χ4n) is 1.70. The standard InChI is InChI=1S/C12H9N2O3S/c15-13-7-6-10(11(12(13)18)14(16)17)8-9-4-2-1-3-5-9/h1-7H,8H2/q-1. The number of nitro groups is 1. The summed E-state index contributed by atoms with van der Waals surface area (Å²) in [6, 6.07) is 10.7. The van der Waals surface area contributed by atoms with E-state index in [-0.39, 0.29) is 10.3 Å². The van der Waals surface area contributed by atoms with Crippen molar-refractivity contribution in [1.82, 2.24) is 4.73 Å². The minimum absolute atomic E-state index is 0.286. The normalized spacial score (nSPS) is 10.2. The van der Waals surface area contributed by atoms with Gasteiger partial charge in [0.1, 0.15) is 0 Å². The Kier molecular flexibility index (Phi) is 3.38. The minimum Gasteiger partial charge on any atom is -0.805 e. The molecule has 0 aliphatic heterocycles. The number of hydrogen-bond acceptors (Lipinski definition) is 4. The molecule has 0 atom stereocenters.